The zero-order chi connectivity index (χ0) is 19.0. The van der Waals surface area contributed by atoms with Crippen LogP contribution in [0.3, 0.4) is 0 Å². The second-order valence-corrected chi connectivity index (χ2v) is 8.66. The predicted octanol–water partition coefficient (Wildman–Crippen LogP) is 4.15. The van der Waals surface area contributed by atoms with E-state index in [9.17, 15) is 8.42 Å². The van der Waals surface area contributed by atoms with E-state index in [1.165, 1.54) is 23.9 Å². The molecule has 0 aliphatic heterocycles. The third kappa shape index (κ3) is 3.48. The van der Waals surface area contributed by atoms with Gasteiger partial charge in [0, 0.05) is 5.56 Å². The normalized spacial score (nSPS) is 11.6. The molecule has 0 bridgehead atoms. The molecule has 0 amide bonds. The fourth-order valence-corrected chi connectivity index (χ4v) is 4.81. The Labute approximate surface area is 164 Å². The van der Waals surface area contributed by atoms with Gasteiger partial charge in [0.2, 0.25) is 0 Å². The first-order chi connectivity index (χ1) is 13.0. The first kappa shape index (κ1) is 17.8. The van der Waals surface area contributed by atoms with Crippen molar-refractivity contribution in [2.45, 2.75) is 5.03 Å². The first-order valence-electron chi connectivity index (χ1n) is 7.72. The molecule has 4 aromatic rings. The predicted molar refractivity (Wildman–Crippen MR) is 106 cm³/mol. The number of H-pyrrole nitrogens is 1. The molecule has 2 aromatic heterocycles. The molecule has 2 aromatic carbocycles. The van der Waals surface area contributed by atoms with E-state index in [0.29, 0.717) is 10.7 Å². The van der Waals surface area contributed by atoms with Gasteiger partial charge < -0.3 is 9.72 Å². The largest absolute Gasteiger partial charge is 0.497 e. The van der Waals surface area contributed by atoms with E-state index in [2.05, 4.69) is 19.7 Å². The van der Waals surface area contributed by atoms with Crippen molar-refractivity contribution in [2.24, 2.45) is 0 Å². The molecule has 0 fully saturated rings. The van der Waals surface area contributed by atoms with Crippen LogP contribution in [-0.2, 0) is 10.0 Å². The molecule has 0 saturated heterocycles. The number of thiazole rings is 1. The third-order valence-electron chi connectivity index (χ3n) is 3.81. The monoisotopic (exact) mass is 420 g/mol. The quantitative estimate of drug-likeness (QED) is 0.505. The summed E-state index contributed by atoms with van der Waals surface area (Å²) in [5.41, 5.74) is 1.92. The summed E-state index contributed by atoms with van der Waals surface area (Å²) < 4.78 is 33.2. The average molecular weight is 421 g/mol. The molecular formula is C17H13ClN4O3S2. The van der Waals surface area contributed by atoms with Crippen molar-refractivity contribution in [1.82, 2.24) is 15.0 Å². The molecule has 0 aliphatic carbocycles. The van der Waals surface area contributed by atoms with Crippen LogP contribution in [0.2, 0.25) is 5.02 Å². The molecule has 0 atom stereocenters. The zero-order valence-corrected chi connectivity index (χ0v) is 16.3. The van der Waals surface area contributed by atoms with Crippen molar-refractivity contribution >= 4 is 48.9 Å². The summed E-state index contributed by atoms with van der Waals surface area (Å²) in [7, 11) is -2.13. The van der Waals surface area contributed by atoms with Gasteiger partial charge >= 0.3 is 0 Å². The number of rotatable bonds is 5. The Morgan fingerprint density at radius 2 is 2.07 bits per heavy atom. The second kappa shape index (κ2) is 6.84. The fourth-order valence-electron chi connectivity index (χ4n) is 2.50. The molecule has 0 aliphatic rings. The topological polar surface area (TPSA) is 97.0 Å². The van der Waals surface area contributed by atoms with Crippen LogP contribution in [0, 0.1) is 0 Å². The van der Waals surface area contributed by atoms with Gasteiger partial charge in [-0.25, -0.2) is 9.97 Å². The maximum Gasteiger partial charge on any atom is 0.278 e. The van der Waals surface area contributed by atoms with Crippen LogP contribution >= 0.6 is 22.9 Å². The smallest absolute Gasteiger partial charge is 0.278 e. The Hall–Kier alpha value is -2.62. The van der Waals surface area contributed by atoms with Gasteiger partial charge in [0.05, 0.1) is 40.6 Å². The Balaban J connectivity index is 1.66. The molecule has 27 heavy (non-hydrogen) atoms. The number of benzene rings is 2. The lowest BCUT2D eigenvalue weighted by Gasteiger charge is -2.08. The van der Waals surface area contributed by atoms with Gasteiger partial charge in [0.25, 0.3) is 10.0 Å². The Bertz CT molecular complexity index is 1220. The van der Waals surface area contributed by atoms with E-state index in [0.717, 1.165) is 26.5 Å². The van der Waals surface area contributed by atoms with Crippen molar-refractivity contribution in [3.8, 4) is 16.3 Å². The van der Waals surface area contributed by atoms with Gasteiger partial charge in [0.15, 0.2) is 5.03 Å². The van der Waals surface area contributed by atoms with Crippen LogP contribution < -0.4 is 9.46 Å². The summed E-state index contributed by atoms with van der Waals surface area (Å²) >= 11 is 7.87. The Morgan fingerprint density at radius 3 is 2.78 bits per heavy atom. The lowest BCUT2D eigenvalue weighted by molar-refractivity contribution is 0.415. The highest BCUT2D eigenvalue weighted by Gasteiger charge is 2.17. The van der Waals surface area contributed by atoms with E-state index in [4.69, 9.17) is 16.3 Å². The highest BCUT2D eigenvalue weighted by molar-refractivity contribution is 7.92. The summed E-state index contributed by atoms with van der Waals surface area (Å²) in [4.78, 5) is 10.9. The number of imidazole rings is 1. The van der Waals surface area contributed by atoms with Crippen LogP contribution in [0.25, 0.3) is 20.8 Å². The zero-order valence-electron chi connectivity index (χ0n) is 13.9. The summed E-state index contributed by atoms with van der Waals surface area (Å²) in [6.45, 7) is 0. The number of fused-ring (bicyclic) bond motifs is 1. The minimum atomic E-state index is -3.75. The van der Waals surface area contributed by atoms with E-state index < -0.39 is 10.0 Å². The molecule has 7 nitrogen and oxygen atoms in total. The maximum atomic E-state index is 12.3. The number of ether oxygens (including phenoxy) is 1. The first-order valence-corrected chi connectivity index (χ1v) is 10.4. The number of hydrogen-bond acceptors (Lipinski definition) is 6. The van der Waals surface area contributed by atoms with E-state index in [1.54, 1.807) is 25.3 Å². The number of hydrogen-bond donors (Lipinski definition) is 2. The van der Waals surface area contributed by atoms with Crippen molar-refractivity contribution in [3.05, 3.63) is 53.9 Å². The molecule has 0 radical (unpaired) electrons. The van der Waals surface area contributed by atoms with Crippen molar-refractivity contribution in [1.29, 1.82) is 0 Å². The molecule has 138 valence electrons. The number of halogens is 1. The van der Waals surface area contributed by atoms with Gasteiger partial charge in [-0.1, -0.05) is 11.6 Å². The summed E-state index contributed by atoms with van der Waals surface area (Å²) in [6.07, 6.45) is 2.53. The molecule has 2 heterocycles. The average Bonchev–Trinajstić information content (AvgIpc) is 3.31. The standard InChI is InChI=1S/C17H13ClN4O3S2/c1-25-11-3-5-14-15(7-11)26-17(21-14)12-4-2-10(6-13(12)18)22-27(23,24)16-8-19-9-20-16/h2-9,22H,1H3,(H,19,20). The SMILES string of the molecule is COc1ccc2nc(-c3ccc(NS(=O)(=O)c4cnc[nH]4)cc3Cl)sc2c1. The van der Waals surface area contributed by atoms with Crippen LogP contribution in [0.4, 0.5) is 5.69 Å². The number of nitrogens with zero attached hydrogens (tertiary/aromatic N) is 2. The molecule has 0 spiro atoms. The lowest BCUT2D eigenvalue weighted by Crippen LogP contribution is -2.13. The third-order valence-corrected chi connectivity index (χ3v) is 6.48. The van der Waals surface area contributed by atoms with E-state index >= 15 is 0 Å². The molecule has 0 unspecified atom stereocenters. The maximum absolute atomic E-state index is 12.3. The van der Waals surface area contributed by atoms with Gasteiger partial charge in [-0.15, -0.1) is 11.3 Å². The number of methoxy groups -OCH3 is 1. The van der Waals surface area contributed by atoms with Crippen molar-refractivity contribution in [3.63, 3.8) is 0 Å². The molecular weight excluding hydrogens is 408 g/mol. The molecule has 4 rings (SSSR count). The minimum absolute atomic E-state index is 0.0252. The number of aromatic nitrogens is 3. The van der Waals surface area contributed by atoms with Crippen LogP contribution in [0.1, 0.15) is 0 Å². The molecule has 2 N–H and O–H groups in total. The number of aromatic amines is 1. The number of sulfonamides is 1. The minimum Gasteiger partial charge on any atom is -0.497 e. The van der Waals surface area contributed by atoms with E-state index in [1.807, 2.05) is 18.2 Å². The van der Waals surface area contributed by atoms with Gasteiger partial charge in [0.1, 0.15) is 10.8 Å². The van der Waals surface area contributed by atoms with Crippen LogP contribution in [0.15, 0.2) is 53.9 Å². The fraction of sp³-hybridized carbons (Fsp3) is 0.0588. The summed E-state index contributed by atoms with van der Waals surface area (Å²) in [5.74, 6) is 0.757. The van der Waals surface area contributed by atoms with Crippen molar-refractivity contribution < 1.29 is 13.2 Å². The molecule has 10 heteroatoms. The van der Waals surface area contributed by atoms with Gasteiger partial charge in [-0.2, -0.15) is 8.42 Å². The Kier molecular flexibility index (Phi) is 4.50. The second-order valence-electron chi connectivity index (χ2n) is 5.57. The highest BCUT2D eigenvalue weighted by atomic mass is 35.5. The number of anilines is 1. The Morgan fingerprint density at radius 1 is 1.22 bits per heavy atom. The molecule has 0 saturated carbocycles. The highest BCUT2D eigenvalue weighted by Crippen LogP contribution is 2.37. The lowest BCUT2D eigenvalue weighted by atomic mass is 10.2. The van der Waals surface area contributed by atoms with Crippen LogP contribution in [-0.4, -0.2) is 30.5 Å². The number of nitrogens with one attached hydrogen (secondary N) is 2. The summed E-state index contributed by atoms with van der Waals surface area (Å²) in [5, 5.41) is 1.11. The summed E-state index contributed by atoms with van der Waals surface area (Å²) in [6, 6.07) is 10.6. The van der Waals surface area contributed by atoms with Gasteiger partial charge in [-0.3, -0.25) is 4.72 Å². The van der Waals surface area contributed by atoms with Crippen LogP contribution in [0.5, 0.6) is 5.75 Å². The van der Waals surface area contributed by atoms with Crippen molar-refractivity contribution in [2.75, 3.05) is 11.8 Å². The van der Waals surface area contributed by atoms with E-state index in [-0.39, 0.29) is 5.03 Å². The van der Waals surface area contributed by atoms with Gasteiger partial charge in [-0.05, 0) is 36.4 Å².